The molecule has 0 unspecified atom stereocenters. The third-order valence-electron chi connectivity index (χ3n) is 2.81. The van der Waals surface area contributed by atoms with E-state index in [0.717, 1.165) is 25.7 Å². The van der Waals surface area contributed by atoms with Crippen molar-refractivity contribution in [2.45, 2.75) is 45.6 Å². The Bertz CT molecular complexity index is 291. The SMILES string of the molecule is CC(=O)/C(=C/N)N(C(C)=O)C1CCCC1. The number of nitrogens with zero attached hydrogens (tertiary/aromatic N) is 1. The Morgan fingerprint density at radius 1 is 1.27 bits per heavy atom. The first-order valence-electron chi connectivity index (χ1n) is 5.30. The summed E-state index contributed by atoms with van der Waals surface area (Å²) in [6.45, 7) is 2.91. The maximum absolute atomic E-state index is 11.5. The molecule has 0 atom stereocenters. The quantitative estimate of drug-likeness (QED) is 0.711. The normalized spacial score (nSPS) is 17.9. The van der Waals surface area contributed by atoms with Crippen molar-refractivity contribution in [3.8, 4) is 0 Å². The number of nitrogens with two attached hydrogens (primary N) is 1. The van der Waals surface area contributed by atoms with E-state index >= 15 is 0 Å². The summed E-state index contributed by atoms with van der Waals surface area (Å²) in [5, 5.41) is 0. The lowest BCUT2D eigenvalue weighted by molar-refractivity contribution is -0.131. The van der Waals surface area contributed by atoms with E-state index in [-0.39, 0.29) is 17.7 Å². The minimum atomic E-state index is -0.153. The number of hydrogen-bond donors (Lipinski definition) is 1. The van der Waals surface area contributed by atoms with Crippen LogP contribution in [-0.2, 0) is 9.59 Å². The Morgan fingerprint density at radius 3 is 2.13 bits per heavy atom. The molecule has 1 saturated carbocycles. The van der Waals surface area contributed by atoms with Gasteiger partial charge in [0, 0.05) is 26.1 Å². The first kappa shape index (κ1) is 11.8. The molecule has 0 radical (unpaired) electrons. The summed E-state index contributed by atoms with van der Waals surface area (Å²) in [7, 11) is 0. The fourth-order valence-corrected chi connectivity index (χ4v) is 2.15. The van der Waals surface area contributed by atoms with E-state index in [4.69, 9.17) is 5.73 Å². The molecule has 84 valence electrons. The average Bonchev–Trinajstić information content (AvgIpc) is 2.64. The van der Waals surface area contributed by atoms with E-state index in [2.05, 4.69) is 0 Å². The van der Waals surface area contributed by atoms with Crippen molar-refractivity contribution in [3.05, 3.63) is 11.9 Å². The van der Waals surface area contributed by atoms with Crippen molar-refractivity contribution in [1.29, 1.82) is 0 Å². The van der Waals surface area contributed by atoms with Gasteiger partial charge in [-0.05, 0) is 12.8 Å². The third kappa shape index (κ3) is 2.58. The third-order valence-corrected chi connectivity index (χ3v) is 2.81. The first-order valence-corrected chi connectivity index (χ1v) is 5.30. The number of allylic oxidation sites excluding steroid dienone is 1. The Hall–Kier alpha value is -1.32. The Morgan fingerprint density at radius 2 is 1.80 bits per heavy atom. The van der Waals surface area contributed by atoms with Gasteiger partial charge >= 0.3 is 0 Å². The average molecular weight is 210 g/mol. The zero-order valence-electron chi connectivity index (χ0n) is 9.32. The van der Waals surface area contributed by atoms with Gasteiger partial charge in [0.2, 0.25) is 5.91 Å². The molecule has 0 aromatic carbocycles. The molecule has 1 fully saturated rings. The molecule has 4 nitrogen and oxygen atoms in total. The Balaban J connectivity index is 2.90. The van der Waals surface area contributed by atoms with Gasteiger partial charge in [-0.1, -0.05) is 12.8 Å². The van der Waals surface area contributed by atoms with Crippen molar-refractivity contribution in [2.24, 2.45) is 5.73 Å². The summed E-state index contributed by atoms with van der Waals surface area (Å²) in [4.78, 5) is 24.4. The molecule has 0 spiro atoms. The van der Waals surface area contributed by atoms with Gasteiger partial charge in [-0.15, -0.1) is 0 Å². The number of amides is 1. The number of Topliss-reactive ketones (excluding diaryl/α,β-unsaturated/α-hetero) is 1. The van der Waals surface area contributed by atoms with Crippen LogP contribution in [0, 0.1) is 0 Å². The molecule has 1 aliphatic carbocycles. The van der Waals surface area contributed by atoms with Crippen molar-refractivity contribution in [2.75, 3.05) is 0 Å². The lowest BCUT2D eigenvalue weighted by Gasteiger charge is -2.28. The zero-order chi connectivity index (χ0) is 11.4. The first-order chi connectivity index (χ1) is 7.07. The molecule has 0 heterocycles. The van der Waals surface area contributed by atoms with Crippen LogP contribution in [0.5, 0.6) is 0 Å². The number of ketones is 1. The van der Waals surface area contributed by atoms with Crippen LogP contribution >= 0.6 is 0 Å². The van der Waals surface area contributed by atoms with Crippen molar-refractivity contribution < 1.29 is 9.59 Å². The number of carbonyl (C=O) groups excluding carboxylic acids is 2. The van der Waals surface area contributed by atoms with Crippen LogP contribution in [0.1, 0.15) is 39.5 Å². The summed E-state index contributed by atoms with van der Waals surface area (Å²) >= 11 is 0. The molecular formula is C11H18N2O2. The molecule has 1 amide bonds. The number of hydrogen-bond acceptors (Lipinski definition) is 3. The van der Waals surface area contributed by atoms with Crippen LogP contribution in [0.4, 0.5) is 0 Å². The highest BCUT2D eigenvalue weighted by atomic mass is 16.2. The van der Waals surface area contributed by atoms with E-state index in [1.807, 2.05) is 0 Å². The van der Waals surface area contributed by atoms with Crippen LogP contribution < -0.4 is 5.73 Å². The maximum Gasteiger partial charge on any atom is 0.224 e. The molecule has 1 rings (SSSR count). The van der Waals surface area contributed by atoms with E-state index in [1.54, 1.807) is 4.90 Å². The van der Waals surface area contributed by atoms with Crippen molar-refractivity contribution in [1.82, 2.24) is 4.90 Å². The highest BCUT2D eigenvalue weighted by Crippen LogP contribution is 2.26. The predicted molar refractivity (Wildman–Crippen MR) is 57.7 cm³/mol. The minimum Gasteiger partial charge on any atom is -0.403 e. The number of rotatable bonds is 3. The van der Waals surface area contributed by atoms with Crippen LogP contribution in [-0.4, -0.2) is 22.6 Å². The lowest BCUT2D eigenvalue weighted by atomic mass is 10.1. The summed E-state index contributed by atoms with van der Waals surface area (Å²) in [5.74, 6) is -0.256. The molecule has 0 aromatic rings. The van der Waals surface area contributed by atoms with Crippen molar-refractivity contribution in [3.63, 3.8) is 0 Å². The van der Waals surface area contributed by atoms with Crippen LogP contribution in [0.3, 0.4) is 0 Å². The fraction of sp³-hybridized carbons (Fsp3) is 0.636. The second-order valence-corrected chi connectivity index (χ2v) is 3.94. The van der Waals surface area contributed by atoms with Gasteiger partial charge in [0.05, 0.1) is 0 Å². The zero-order valence-corrected chi connectivity index (χ0v) is 9.32. The van der Waals surface area contributed by atoms with E-state index in [0.29, 0.717) is 5.70 Å². The van der Waals surface area contributed by atoms with Gasteiger partial charge in [0.1, 0.15) is 5.70 Å². The van der Waals surface area contributed by atoms with Gasteiger partial charge in [-0.2, -0.15) is 0 Å². The molecule has 4 heteroatoms. The maximum atomic E-state index is 11.5. The van der Waals surface area contributed by atoms with Crippen molar-refractivity contribution >= 4 is 11.7 Å². The molecule has 15 heavy (non-hydrogen) atoms. The van der Waals surface area contributed by atoms with E-state index in [9.17, 15) is 9.59 Å². The smallest absolute Gasteiger partial charge is 0.224 e. The second kappa shape index (κ2) is 4.96. The number of carbonyl (C=O) groups is 2. The molecule has 0 aliphatic heterocycles. The molecule has 2 N–H and O–H groups in total. The van der Waals surface area contributed by atoms with Gasteiger partial charge in [0.15, 0.2) is 5.78 Å². The molecule has 1 aliphatic rings. The van der Waals surface area contributed by atoms with Gasteiger partial charge in [0.25, 0.3) is 0 Å². The van der Waals surface area contributed by atoms with Crippen LogP contribution in [0.25, 0.3) is 0 Å². The monoisotopic (exact) mass is 210 g/mol. The molecule has 0 saturated heterocycles. The van der Waals surface area contributed by atoms with Crippen LogP contribution in [0.15, 0.2) is 11.9 Å². The lowest BCUT2D eigenvalue weighted by Crippen LogP contribution is -2.39. The Kier molecular flexibility index (Phi) is 3.88. The minimum absolute atomic E-state index is 0.103. The van der Waals surface area contributed by atoms with Crippen LogP contribution in [0.2, 0.25) is 0 Å². The summed E-state index contributed by atoms with van der Waals surface area (Å²) < 4.78 is 0. The summed E-state index contributed by atoms with van der Waals surface area (Å²) in [6.07, 6.45) is 5.39. The largest absolute Gasteiger partial charge is 0.403 e. The van der Waals surface area contributed by atoms with E-state index < -0.39 is 0 Å². The standard InChI is InChI=1S/C11H18N2O2/c1-8(14)11(7-12)13(9(2)15)10-5-3-4-6-10/h7,10H,3-6,12H2,1-2H3/b11-7-. The predicted octanol–water partition coefficient (Wildman–Crippen LogP) is 1.17. The van der Waals surface area contributed by atoms with Gasteiger partial charge in [-0.3, -0.25) is 9.59 Å². The van der Waals surface area contributed by atoms with Gasteiger partial charge < -0.3 is 10.6 Å². The fourth-order valence-electron chi connectivity index (χ4n) is 2.15. The second-order valence-electron chi connectivity index (χ2n) is 3.94. The summed E-state index contributed by atoms with van der Waals surface area (Å²) in [5.41, 5.74) is 5.73. The molecular weight excluding hydrogens is 192 g/mol. The molecule has 0 bridgehead atoms. The highest BCUT2D eigenvalue weighted by Gasteiger charge is 2.28. The summed E-state index contributed by atoms with van der Waals surface area (Å²) in [6, 6.07) is 0.154. The topological polar surface area (TPSA) is 63.4 Å². The highest BCUT2D eigenvalue weighted by molar-refractivity contribution is 5.96. The Labute approximate surface area is 90.1 Å². The van der Waals surface area contributed by atoms with Gasteiger partial charge in [-0.25, -0.2) is 0 Å². The molecule has 0 aromatic heterocycles. The van der Waals surface area contributed by atoms with E-state index in [1.165, 1.54) is 20.0 Å².